The highest BCUT2D eigenvalue weighted by molar-refractivity contribution is 6.30. The van der Waals surface area contributed by atoms with Crippen molar-refractivity contribution >= 4 is 23.4 Å². The van der Waals surface area contributed by atoms with Crippen molar-refractivity contribution in [2.75, 3.05) is 7.05 Å². The highest BCUT2D eigenvalue weighted by atomic mass is 35.5. The van der Waals surface area contributed by atoms with Gasteiger partial charge in [-0.25, -0.2) is 0 Å². The fourth-order valence-electron chi connectivity index (χ4n) is 2.95. The fourth-order valence-corrected chi connectivity index (χ4v) is 3.18. The van der Waals surface area contributed by atoms with Gasteiger partial charge in [-0.3, -0.25) is 9.59 Å². The maximum Gasteiger partial charge on any atom is 0.254 e. The van der Waals surface area contributed by atoms with Crippen LogP contribution < -0.4 is 5.73 Å². The molecule has 0 heterocycles. The largest absolute Gasteiger partial charge is 0.368 e. The third-order valence-corrected chi connectivity index (χ3v) is 4.49. The first kappa shape index (κ1) is 14.9. The van der Waals surface area contributed by atoms with E-state index in [1.54, 1.807) is 25.2 Å². The summed E-state index contributed by atoms with van der Waals surface area (Å²) >= 11 is 5.91. The zero-order valence-electron chi connectivity index (χ0n) is 11.8. The maximum atomic E-state index is 12.6. The molecule has 0 radical (unpaired) electrons. The molecule has 1 aromatic rings. The van der Waals surface area contributed by atoms with Crippen LogP contribution in [0.2, 0.25) is 5.02 Å². The van der Waals surface area contributed by atoms with E-state index >= 15 is 0 Å². The van der Waals surface area contributed by atoms with Gasteiger partial charge in [-0.2, -0.15) is 0 Å². The van der Waals surface area contributed by atoms with Crippen LogP contribution in [0.1, 0.15) is 41.6 Å². The van der Waals surface area contributed by atoms with E-state index in [0.29, 0.717) is 23.4 Å². The molecule has 108 valence electrons. The van der Waals surface area contributed by atoms with Crippen LogP contribution in [0.15, 0.2) is 18.2 Å². The molecule has 4 nitrogen and oxygen atoms in total. The average Bonchev–Trinajstić information content (AvgIpc) is 2.87. The van der Waals surface area contributed by atoms with Crippen molar-refractivity contribution in [3.05, 3.63) is 34.3 Å². The Morgan fingerprint density at radius 3 is 2.40 bits per heavy atom. The van der Waals surface area contributed by atoms with Crippen LogP contribution in [-0.4, -0.2) is 29.3 Å². The summed E-state index contributed by atoms with van der Waals surface area (Å²) in [6.07, 6.45) is 3.11. The second-order valence-electron chi connectivity index (χ2n) is 5.43. The first-order valence-electron chi connectivity index (χ1n) is 6.73. The van der Waals surface area contributed by atoms with Crippen LogP contribution in [0.3, 0.4) is 0 Å². The van der Waals surface area contributed by atoms with Crippen LogP contribution in [-0.2, 0) is 4.79 Å². The molecule has 1 saturated carbocycles. The van der Waals surface area contributed by atoms with Gasteiger partial charge in [-0.15, -0.1) is 0 Å². The number of carbonyl (C=O) groups is 2. The van der Waals surface area contributed by atoms with E-state index in [2.05, 4.69) is 0 Å². The lowest BCUT2D eigenvalue weighted by Crippen LogP contribution is -2.56. The average molecular weight is 295 g/mol. The zero-order chi connectivity index (χ0) is 14.9. The Morgan fingerprint density at radius 1 is 1.30 bits per heavy atom. The molecule has 1 aliphatic carbocycles. The summed E-state index contributed by atoms with van der Waals surface area (Å²) in [5, 5.41) is 0.590. The number of primary amides is 1. The van der Waals surface area contributed by atoms with Gasteiger partial charge in [0.2, 0.25) is 5.91 Å². The molecule has 5 heteroatoms. The van der Waals surface area contributed by atoms with E-state index in [-0.39, 0.29) is 5.91 Å². The topological polar surface area (TPSA) is 63.4 Å². The standard InChI is InChI=1S/C15H19ClN2O2/c1-10-9-11(16)5-6-12(10)13(19)18(2)15(14(17)20)7-3-4-8-15/h5-6,9H,3-4,7-8H2,1-2H3,(H2,17,20). The Labute approximate surface area is 123 Å². The summed E-state index contributed by atoms with van der Waals surface area (Å²) in [6, 6.07) is 5.12. The minimum atomic E-state index is -0.844. The third-order valence-electron chi connectivity index (χ3n) is 4.25. The molecule has 0 atom stereocenters. The van der Waals surface area contributed by atoms with Gasteiger partial charge >= 0.3 is 0 Å². The molecular formula is C15H19ClN2O2. The Morgan fingerprint density at radius 2 is 1.90 bits per heavy atom. The van der Waals surface area contributed by atoms with Gasteiger partial charge in [0.1, 0.15) is 5.54 Å². The van der Waals surface area contributed by atoms with Gasteiger partial charge in [0.15, 0.2) is 0 Å². The van der Waals surface area contributed by atoms with Gasteiger partial charge in [-0.05, 0) is 43.5 Å². The van der Waals surface area contributed by atoms with E-state index in [9.17, 15) is 9.59 Å². The highest BCUT2D eigenvalue weighted by Crippen LogP contribution is 2.35. The number of amides is 2. The summed E-state index contributed by atoms with van der Waals surface area (Å²) in [5.74, 6) is -0.600. The number of aryl methyl sites for hydroxylation is 1. The number of nitrogens with two attached hydrogens (primary N) is 1. The Balaban J connectivity index is 2.34. The molecule has 0 saturated heterocycles. The molecular weight excluding hydrogens is 276 g/mol. The van der Waals surface area contributed by atoms with Crippen LogP contribution in [0.5, 0.6) is 0 Å². The third kappa shape index (κ3) is 2.40. The van der Waals surface area contributed by atoms with Gasteiger partial charge in [0, 0.05) is 17.6 Å². The number of carbonyl (C=O) groups excluding carboxylic acids is 2. The highest BCUT2D eigenvalue weighted by Gasteiger charge is 2.45. The zero-order valence-corrected chi connectivity index (χ0v) is 12.5. The monoisotopic (exact) mass is 294 g/mol. The van der Waals surface area contributed by atoms with Gasteiger partial charge in [-0.1, -0.05) is 24.4 Å². The molecule has 2 N–H and O–H groups in total. The summed E-state index contributed by atoms with van der Waals surface area (Å²) in [5.41, 5.74) is 6.07. The molecule has 2 amide bonds. The molecule has 0 aliphatic heterocycles. The molecule has 0 aromatic heterocycles. The van der Waals surface area contributed by atoms with E-state index in [1.807, 2.05) is 6.92 Å². The molecule has 20 heavy (non-hydrogen) atoms. The van der Waals surface area contributed by atoms with Crippen LogP contribution >= 0.6 is 11.6 Å². The molecule has 1 aromatic carbocycles. The second-order valence-corrected chi connectivity index (χ2v) is 5.86. The lowest BCUT2D eigenvalue weighted by atomic mass is 9.93. The Bertz CT molecular complexity index is 551. The van der Waals surface area contributed by atoms with Crippen LogP contribution in [0, 0.1) is 6.92 Å². The van der Waals surface area contributed by atoms with E-state index in [0.717, 1.165) is 18.4 Å². The van der Waals surface area contributed by atoms with Crippen LogP contribution in [0.25, 0.3) is 0 Å². The Kier molecular flexibility index (Phi) is 4.04. The SMILES string of the molecule is Cc1cc(Cl)ccc1C(=O)N(C)C1(C(N)=O)CCCC1. The smallest absolute Gasteiger partial charge is 0.254 e. The van der Waals surface area contributed by atoms with Crippen molar-refractivity contribution in [3.8, 4) is 0 Å². The quantitative estimate of drug-likeness (QED) is 0.931. The van der Waals surface area contributed by atoms with Crippen molar-refractivity contribution in [3.63, 3.8) is 0 Å². The molecule has 0 unspecified atom stereocenters. The van der Waals surface area contributed by atoms with Crippen molar-refractivity contribution < 1.29 is 9.59 Å². The van der Waals surface area contributed by atoms with Crippen LogP contribution in [0.4, 0.5) is 0 Å². The summed E-state index contributed by atoms with van der Waals surface area (Å²) in [4.78, 5) is 26.0. The summed E-state index contributed by atoms with van der Waals surface area (Å²) < 4.78 is 0. The first-order chi connectivity index (χ1) is 9.38. The van der Waals surface area contributed by atoms with Crippen molar-refractivity contribution in [1.29, 1.82) is 0 Å². The number of likely N-dealkylation sites (N-methyl/N-ethyl adjacent to an activating group) is 1. The van der Waals surface area contributed by atoms with Crippen molar-refractivity contribution in [2.24, 2.45) is 5.73 Å². The Hall–Kier alpha value is -1.55. The summed E-state index contributed by atoms with van der Waals surface area (Å²) in [6.45, 7) is 1.83. The van der Waals surface area contributed by atoms with Gasteiger partial charge in [0.05, 0.1) is 0 Å². The number of rotatable bonds is 3. The minimum Gasteiger partial charge on any atom is -0.368 e. The van der Waals surface area contributed by atoms with E-state index in [4.69, 9.17) is 17.3 Å². The van der Waals surface area contributed by atoms with E-state index < -0.39 is 11.4 Å². The van der Waals surface area contributed by atoms with Gasteiger partial charge < -0.3 is 10.6 Å². The number of halogens is 1. The van der Waals surface area contributed by atoms with Gasteiger partial charge in [0.25, 0.3) is 5.91 Å². The number of hydrogen-bond donors (Lipinski definition) is 1. The number of hydrogen-bond acceptors (Lipinski definition) is 2. The molecule has 0 bridgehead atoms. The fraction of sp³-hybridized carbons (Fsp3) is 0.467. The predicted octanol–water partition coefficient (Wildman–Crippen LogP) is 2.52. The normalized spacial score (nSPS) is 16.9. The minimum absolute atomic E-state index is 0.181. The molecule has 2 rings (SSSR count). The lowest BCUT2D eigenvalue weighted by molar-refractivity contribution is -0.127. The first-order valence-corrected chi connectivity index (χ1v) is 7.10. The summed E-state index contributed by atoms with van der Waals surface area (Å²) in [7, 11) is 1.66. The maximum absolute atomic E-state index is 12.6. The molecule has 0 spiro atoms. The molecule has 1 fully saturated rings. The number of nitrogens with zero attached hydrogens (tertiary/aromatic N) is 1. The predicted molar refractivity (Wildman–Crippen MR) is 78.7 cm³/mol. The molecule has 1 aliphatic rings. The lowest BCUT2D eigenvalue weighted by Gasteiger charge is -2.36. The second kappa shape index (κ2) is 5.44. The number of benzene rings is 1. The van der Waals surface area contributed by atoms with E-state index in [1.165, 1.54) is 4.90 Å². The van der Waals surface area contributed by atoms with Crippen molar-refractivity contribution in [2.45, 2.75) is 38.1 Å². The van der Waals surface area contributed by atoms with Crippen molar-refractivity contribution in [1.82, 2.24) is 4.90 Å².